The van der Waals surface area contributed by atoms with E-state index in [1.54, 1.807) is 0 Å². The summed E-state index contributed by atoms with van der Waals surface area (Å²) in [4.78, 5) is 15.1. The zero-order valence-electron chi connectivity index (χ0n) is 17.2. The van der Waals surface area contributed by atoms with E-state index in [-0.39, 0.29) is 5.78 Å². The van der Waals surface area contributed by atoms with Gasteiger partial charge in [0.25, 0.3) is 0 Å². The van der Waals surface area contributed by atoms with Gasteiger partial charge in [0.15, 0.2) is 5.78 Å². The third-order valence-electron chi connectivity index (χ3n) is 5.92. The first-order chi connectivity index (χ1) is 13.0. The van der Waals surface area contributed by atoms with Gasteiger partial charge in [-0.05, 0) is 70.9 Å². The topological polar surface area (TPSA) is 37.3 Å². The fourth-order valence-corrected chi connectivity index (χ4v) is 4.44. The molecule has 27 heavy (non-hydrogen) atoms. The zero-order valence-corrected chi connectivity index (χ0v) is 17.2. The predicted octanol–water partition coefficient (Wildman–Crippen LogP) is 5.36. The third-order valence-corrected chi connectivity index (χ3v) is 5.92. The van der Waals surface area contributed by atoms with Crippen LogP contribution in [0.25, 0.3) is 0 Å². The molecule has 4 heteroatoms. The first kappa shape index (κ1) is 19.5. The number of nitrogens with one attached hydrogen (secondary N) is 1. The number of Topliss-reactive ketones (excluding diaryl/α,β-unsaturated/α-hetero) is 1. The van der Waals surface area contributed by atoms with Crippen LogP contribution >= 0.6 is 0 Å². The van der Waals surface area contributed by atoms with Crippen LogP contribution in [0.15, 0.2) is 30.3 Å². The normalized spacial score (nSPS) is 14.5. The Balaban J connectivity index is 1.65. The second kappa shape index (κ2) is 8.64. The van der Waals surface area contributed by atoms with Crippen molar-refractivity contribution >= 4 is 17.2 Å². The Morgan fingerprint density at radius 3 is 2.33 bits per heavy atom. The summed E-state index contributed by atoms with van der Waals surface area (Å²) in [5.74, 6) is 0.167. The number of aryl methyl sites for hydroxylation is 1. The smallest absolute Gasteiger partial charge is 0.183 e. The van der Waals surface area contributed by atoms with Crippen molar-refractivity contribution in [1.82, 2.24) is 4.57 Å². The van der Waals surface area contributed by atoms with Gasteiger partial charge in [-0.2, -0.15) is 0 Å². The molecule has 0 radical (unpaired) electrons. The average molecular weight is 368 g/mol. The molecule has 1 N–H and O–H groups in total. The van der Waals surface area contributed by atoms with Crippen molar-refractivity contribution in [3.8, 4) is 0 Å². The lowest BCUT2D eigenvalue weighted by atomic mass is 10.1. The first-order valence-corrected chi connectivity index (χ1v) is 10.4. The molecule has 1 heterocycles. The monoisotopic (exact) mass is 367 g/mol. The van der Waals surface area contributed by atoms with E-state index in [0.717, 1.165) is 30.0 Å². The maximum Gasteiger partial charge on any atom is 0.183 e. The molecule has 0 amide bonds. The fourth-order valence-electron chi connectivity index (χ4n) is 4.44. The van der Waals surface area contributed by atoms with Crippen molar-refractivity contribution in [2.45, 2.75) is 59.4 Å². The molecule has 2 aromatic rings. The maximum atomic E-state index is 12.8. The standard InChI is InChI=1S/C23H33N3O/c1-5-25(6-2)20-13-11-19(12-14-20)24-16-23(27)22-15-17(3)26(18(22)4)21-9-7-8-10-21/h11-15,21,24H,5-10,16H2,1-4H3. The number of rotatable bonds is 8. The van der Waals surface area contributed by atoms with Gasteiger partial charge in [0, 0.05) is 47.5 Å². The molecule has 1 aromatic heterocycles. The van der Waals surface area contributed by atoms with Gasteiger partial charge in [-0.1, -0.05) is 12.8 Å². The average Bonchev–Trinajstić information content (AvgIpc) is 3.29. The summed E-state index contributed by atoms with van der Waals surface area (Å²) in [6.07, 6.45) is 5.08. The van der Waals surface area contributed by atoms with Crippen LogP contribution in [0.2, 0.25) is 0 Å². The Labute approximate surface area is 163 Å². The zero-order chi connectivity index (χ0) is 19.4. The van der Waals surface area contributed by atoms with Crippen LogP contribution in [0, 0.1) is 13.8 Å². The van der Waals surface area contributed by atoms with E-state index in [1.807, 2.05) is 0 Å². The number of ketones is 1. The molecule has 1 aromatic carbocycles. The highest BCUT2D eigenvalue weighted by Crippen LogP contribution is 2.33. The summed E-state index contributed by atoms with van der Waals surface area (Å²) >= 11 is 0. The van der Waals surface area contributed by atoms with Crippen molar-refractivity contribution in [3.05, 3.63) is 47.3 Å². The summed E-state index contributed by atoms with van der Waals surface area (Å²) < 4.78 is 2.39. The molecule has 0 bridgehead atoms. The van der Waals surface area contributed by atoms with Gasteiger partial charge in [-0.25, -0.2) is 0 Å². The summed E-state index contributed by atoms with van der Waals surface area (Å²) in [5.41, 5.74) is 5.42. The SMILES string of the molecule is CCN(CC)c1ccc(NCC(=O)c2cc(C)n(C3CCCC3)c2C)cc1. The first-order valence-electron chi connectivity index (χ1n) is 10.4. The Kier molecular flexibility index (Phi) is 6.25. The molecule has 1 saturated carbocycles. The Morgan fingerprint density at radius 2 is 1.74 bits per heavy atom. The number of aromatic nitrogens is 1. The van der Waals surface area contributed by atoms with Crippen molar-refractivity contribution in [2.75, 3.05) is 29.9 Å². The summed E-state index contributed by atoms with van der Waals surface area (Å²) in [5, 5.41) is 3.29. The summed E-state index contributed by atoms with van der Waals surface area (Å²) in [6.45, 7) is 10.9. The molecule has 1 aliphatic rings. The summed E-state index contributed by atoms with van der Waals surface area (Å²) in [7, 11) is 0. The van der Waals surface area contributed by atoms with Crippen LogP contribution in [0.4, 0.5) is 11.4 Å². The van der Waals surface area contributed by atoms with E-state index >= 15 is 0 Å². The molecule has 1 fully saturated rings. The minimum absolute atomic E-state index is 0.167. The predicted molar refractivity (Wildman–Crippen MR) is 114 cm³/mol. The van der Waals surface area contributed by atoms with E-state index < -0.39 is 0 Å². The van der Waals surface area contributed by atoms with Crippen molar-refractivity contribution in [2.24, 2.45) is 0 Å². The van der Waals surface area contributed by atoms with Gasteiger partial charge in [-0.3, -0.25) is 4.79 Å². The highest BCUT2D eigenvalue weighted by atomic mass is 16.1. The quantitative estimate of drug-likeness (QED) is 0.638. The van der Waals surface area contributed by atoms with Gasteiger partial charge in [0.05, 0.1) is 6.54 Å². The fraction of sp³-hybridized carbons (Fsp3) is 0.522. The molecular weight excluding hydrogens is 334 g/mol. The highest BCUT2D eigenvalue weighted by molar-refractivity contribution is 6.00. The van der Waals surface area contributed by atoms with Crippen LogP contribution in [0.5, 0.6) is 0 Å². The van der Waals surface area contributed by atoms with E-state index in [2.05, 4.69) is 72.8 Å². The van der Waals surface area contributed by atoms with E-state index in [1.165, 1.54) is 37.1 Å². The Hall–Kier alpha value is -2.23. The van der Waals surface area contributed by atoms with E-state index in [0.29, 0.717) is 12.6 Å². The number of nitrogens with zero attached hydrogens (tertiary/aromatic N) is 2. The number of benzene rings is 1. The van der Waals surface area contributed by atoms with Crippen molar-refractivity contribution < 1.29 is 4.79 Å². The molecule has 3 rings (SSSR count). The van der Waals surface area contributed by atoms with Crippen molar-refractivity contribution in [3.63, 3.8) is 0 Å². The Morgan fingerprint density at radius 1 is 1.11 bits per heavy atom. The molecule has 0 unspecified atom stereocenters. The van der Waals surface area contributed by atoms with E-state index in [4.69, 9.17) is 0 Å². The number of carbonyl (C=O) groups is 1. The molecule has 0 saturated heterocycles. The molecule has 146 valence electrons. The van der Waals surface area contributed by atoms with Crippen LogP contribution in [0.3, 0.4) is 0 Å². The van der Waals surface area contributed by atoms with Crippen molar-refractivity contribution in [1.29, 1.82) is 0 Å². The summed E-state index contributed by atoms with van der Waals surface area (Å²) in [6, 6.07) is 11.0. The van der Waals surface area contributed by atoms with Crippen LogP contribution in [-0.4, -0.2) is 30.0 Å². The Bertz CT molecular complexity index is 766. The molecule has 0 aliphatic heterocycles. The molecule has 0 atom stereocenters. The molecule has 0 spiro atoms. The third kappa shape index (κ3) is 4.20. The lowest BCUT2D eigenvalue weighted by molar-refractivity contribution is 0.101. The van der Waals surface area contributed by atoms with Gasteiger partial charge in [0.2, 0.25) is 0 Å². The lowest BCUT2D eigenvalue weighted by Gasteiger charge is -2.21. The van der Waals surface area contributed by atoms with E-state index in [9.17, 15) is 4.79 Å². The van der Waals surface area contributed by atoms with Gasteiger partial charge >= 0.3 is 0 Å². The number of anilines is 2. The highest BCUT2D eigenvalue weighted by Gasteiger charge is 2.23. The number of hydrogen-bond acceptors (Lipinski definition) is 3. The van der Waals surface area contributed by atoms with Crippen LogP contribution in [0.1, 0.15) is 67.3 Å². The minimum Gasteiger partial charge on any atom is -0.378 e. The minimum atomic E-state index is 0.167. The molecule has 4 nitrogen and oxygen atoms in total. The second-order valence-electron chi connectivity index (χ2n) is 7.59. The van der Waals surface area contributed by atoms with Gasteiger partial charge in [0.1, 0.15) is 0 Å². The van der Waals surface area contributed by atoms with Crippen LogP contribution in [-0.2, 0) is 0 Å². The second-order valence-corrected chi connectivity index (χ2v) is 7.59. The molecule has 1 aliphatic carbocycles. The number of carbonyl (C=O) groups excluding carboxylic acids is 1. The van der Waals surface area contributed by atoms with Gasteiger partial charge < -0.3 is 14.8 Å². The van der Waals surface area contributed by atoms with Gasteiger partial charge in [-0.15, -0.1) is 0 Å². The number of hydrogen-bond donors (Lipinski definition) is 1. The largest absolute Gasteiger partial charge is 0.378 e. The maximum absolute atomic E-state index is 12.8. The van der Waals surface area contributed by atoms with Crippen LogP contribution < -0.4 is 10.2 Å². The molecular formula is C23H33N3O. The lowest BCUT2D eigenvalue weighted by Crippen LogP contribution is -2.21.